The van der Waals surface area contributed by atoms with Gasteiger partial charge in [0.25, 0.3) is 0 Å². The predicted octanol–water partition coefficient (Wildman–Crippen LogP) is 17.7. The van der Waals surface area contributed by atoms with Crippen LogP contribution in [-0.2, 0) is 146 Å². The molecule has 9 unspecified atom stereocenters. The van der Waals surface area contributed by atoms with Gasteiger partial charge in [0.15, 0.2) is 12.6 Å². The minimum absolute atomic E-state index is 0.0133. The molecule has 0 amide bonds. The zero-order valence-corrected chi connectivity index (χ0v) is 64.4. The Morgan fingerprint density at radius 3 is 1.06 bits per heavy atom. The second-order valence-corrected chi connectivity index (χ2v) is 29.7. The molecule has 0 spiro atoms. The number of benzene rings is 11. The SMILES string of the molecule is O=P(OCc1ccccc1)(OCC(OCc1ccccc1)C(OCc1ccccc1)C(CO[C@H]1C[C@@H](O)C(COCc2ccccc2)O1)OCc1ccccc1)O[C@@H]1C[C@H](OCC(OCc2ccccc2)C(OCc2ccccc2)C(COCc2ccc3ccccc3c2)OCc2ccccc2)OC1COCc1ccccc1. The number of aliphatic hydroxyl groups excluding tert-OH is 1. The Hall–Kier alpha value is -8.77. The van der Waals surface area contributed by atoms with Crippen molar-refractivity contribution in [3.63, 3.8) is 0 Å². The van der Waals surface area contributed by atoms with Crippen LogP contribution in [-0.4, -0.2) is 118 Å². The van der Waals surface area contributed by atoms with Crippen molar-refractivity contribution in [1.82, 2.24) is 0 Å². The minimum atomic E-state index is -4.79. The number of rotatable bonds is 48. The number of ether oxygens (including phenoxy) is 13. The van der Waals surface area contributed by atoms with Gasteiger partial charge in [0.1, 0.15) is 54.9 Å². The van der Waals surface area contributed by atoms with Crippen molar-refractivity contribution in [2.45, 2.75) is 153 Å². The van der Waals surface area contributed by atoms with E-state index in [1.54, 1.807) is 0 Å². The monoisotopic (exact) mass is 1550 g/mol. The Balaban J connectivity index is 0.800. The number of aliphatic hydroxyl groups is 1. The molecular weight excluding hydrogens is 1450 g/mol. The first-order chi connectivity index (χ1) is 55.7. The molecule has 2 saturated heterocycles. The third-order valence-corrected chi connectivity index (χ3v) is 21.0. The highest BCUT2D eigenvalue weighted by Crippen LogP contribution is 2.54. The van der Waals surface area contributed by atoms with Crippen LogP contribution >= 0.6 is 7.82 Å². The third kappa shape index (κ3) is 26.9. The van der Waals surface area contributed by atoms with Crippen molar-refractivity contribution in [3.05, 3.63) is 371 Å². The van der Waals surface area contributed by atoms with E-state index >= 15 is 4.57 Å². The largest absolute Gasteiger partial charge is 0.475 e. The van der Waals surface area contributed by atoms with Crippen molar-refractivity contribution in [1.29, 1.82) is 0 Å². The Bertz CT molecular complexity index is 4480. The average Bonchev–Trinajstić information content (AvgIpc) is 1.74. The fourth-order valence-electron chi connectivity index (χ4n) is 13.4. The van der Waals surface area contributed by atoms with E-state index in [0.29, 0.717) is 18.8 Å². The second-order valence-electron chi connectivity index (χ2n) is 28.1. The predicted molar refractivity (Wildman–Crippen MR) is 430 cm³/mol. The maximum Gasteiger partial charge on any atom is 0.475 e. The van der Waals surface area contributed by atoms with Gasteiger partial charge >= 0.3 is 7.82 Å². The Kier molecular flexibility index (Phi) is 32.6. The molecule has 0 aromatic heterocycles. The fourth-order valence-corrected chi connectivity index (χ4v) is 14.8. The first kappa shape index (κ1) is 82.2. The standard InChI is InChI=1S/C94H101O18P/c95-83-53-91(110-85(83)65-97-55-71-30-10-1-11-31-71)104-68-89(102-60-75-38-18-5-19-39-75)94(107-63-78-44-24-8-25-45-78)90(103-61-76-40-20-6-21-41-76)70-109-113(96,108-64-79-46-26-9-27-47-79)112-84-54-92(111-86(84)66-98-56-72-32-12-2-13-33-72)105-69-88(101-59-74-36-16-4-17-37-74)93(106-62-77-42-22-7-23-43-77)87(100-58-73-34-14-3-15-35-73)67-99-57-80-50-51-81-48-28-29-49-82(81)52-80/h1-52,83-95H,53-70H2/t83-,84-,85?,86?,87?,88?,89?,90?,91-,92-,93?,94?,113?/m1/s1. The van der Waals surface area contributed by atoms with Crippen LogP contribution in [0.5, 0.6) is 0 Å². The molecule has 2 fully saturated rings. The lowest BCUT2D eigenvalue weighted by Crippen LogP contribution is -2.47. The average molecular weight is 1550 g/mol. The molecule has 11 aromatic carbocycles. The highest BCUT2D eigenvalue weighted by atomic mass is 31.2. The van der Waals surface area contributed by atoms with Gasteiger partial charge in [-0.1, -0.05) is 309 Å². The number of hydrogen-bond acceptors (Lipinski definition) is 18. The molecule has 19 heteroatoms. The van der Waals surface area contributed by atoms with E-state index in [1.165, 1.54) is 0 Å². The van der Waals surface area contributed by atoms with Crippen molar-refractivity contribution in [2.24, 2.45) is 0 Å². The van der Waals surface area contributed by atoms with Crippen LogP contribution < -0.4 is 0 Å². The third-order valence-electron chi connectivity index (χ3n) is 19.6. The number of fused-ring (bicyclic) bond motifs is 1. The molecule has 2 aliphatic heterocycles. The Morgan fingerprint density at radius 2 is 0.637 bits per heavy atom. The number of hydrogen-bond donors (Lipinski definition) is 1. The van der Waals surface area contributed by atoms with Crippen LogP contribution in [0.4, 0.5) is 0 Å². The number of phosphoric ester groups is 1. The molecular formula is C94H101O18P. The summed E-state index contributed by atoms with van der Waals surface area (Å²) in [7, 11) is -4.79. The van der Waals surface area contributed by atoms with Crippen LogP contribution in [0.15, 0.2) is 315 Å². The van der Waals surface area contributed by atoms with Crippen molar-refractivity contribution < 1.29 is 84.8 Å². The van der Waals surface area contributed by atoms with E-state index in [1.807, 2.05) is 285 Å². The molecule has 2 heterocycles. The zero-order valence-electron chi connectivity index (χ0n) is 63.5. The Labute approximate surface area is 663 Å². The summed E-state index contributed by atoms with van der Waals surface area (Å²) in [6, 6.07) is 103. The highest BCUT2D eigenvalue weighted by molar-refractivity contribution is 7.48. The summed E-state index contributed by atoms with van der Waals surface area (Å²) >= 11 is 0. The molecule has 13 rings (SSSR count). The van der Waals surface area contributed by atoms with Gasteiger partial charge in [0.2, 0.25) is 0 Å². The van der Waals surface area contributed by atoms with Crippen molar-refractivity contribution >= 4 is 18.6 Å². The zero-order chi connectivity index (χ0) is 77.2. The van der Waals surface area contributed by atoms with Gasteiger partial charge in [-0.3, -0.25) is 13.6 Å². The van der Waals surface area contributed by atoms with Crippen LogP contribution in [0.3, 0.4) is 0 Å². The summed E-state index contributed by atoms with van der Waals surface area (Å²) in [5.41, 5.74) is 9.09. The van der Waals surface area contributed by atoms with E-state index in [9.17, 15) is 5.11 Å². The van der Waals surface area contributed by atoms with Gasteiger partial charge in [-0.05, 0) is 72.5 Å². The molecule has 0 saturated carbocycles. The molecule has 113 heavy (non-hydrogen) atoms. The van der Waals surface area contributed by atoms with Gasteiger partial charge in [0, 0.05) is 12.8 Å². The molecule has 0 aliphatic carbocycles. The molecule has 0 radical (unpaired) electrons. The summed E-state index contributed by atoms with van der Waals surface area (Å²) in [5.74, 6) is 0. The first-order valence-corrected chi connectivity index (χ1v) is 40.3. The molecule has 2 aliphatic rings. The van der Waals surface area contributed by atoms with Gasteiger partial charge in [-0.2, -0.15) is 0 Å². The van der Waals surface area contributed by atoms with Gasteiger partial charge in [0.05, 0.1) is 112 Å². The van der Waals surface area contributed by atoms with Crippen molar-refractivity contribution in [3.8, 4) is 0 Å². The summed E-state index contributed by atoms with van der Waals surface area (Å²) in [4.78, 5) is 0. The molecule has 1 N–H and O–H groups in total. The second kappa shape index (κ2) is 44.8. The molecule has 590 valence electrons. The van der Waals surface area contributed by atoms with E-state index < -0.39 is 88.0 Å². The summed E-state index contributed by atoms with van der Waals surface area (Å²) in [6.07, 6.45) is -10.5. The molecule has 18 nitrogen and oxygen atoms in total. The van der Waals surface area contributed by atoms with Crippen LogP contribution in [0.2, 0.25) is 0 Å². The van der Waals surface area contributed by atoms with Crippen LogP contribution in [0.1, 0.15) is 68.5 Å². The topological polar surface area (TPSA) is 185 Å². The maximum absolute atomic E-state index is 16.4. The highest BCUT2D eigenvalue weighted by Gasteiger charge is 2.46. The van der Waals surface area contributed by atoms with Gasteiger partial charge < -0.3 is 66.7 Å². The quantitative estimate of drug-likeness (QED) is 0.0355. The number of phosphoric acid groups is 1. The lowest BCUT2D eigenvalue weighted by atomic mass is 10.1. The molecule has 13 atom stereocenters. The van der Waals surface area contributed by atoms with Gasteiger partial charge in [-0.25, -0.2) is 4.57 Å². The smallest absolute Gasteiger partial charge is 0.390 e. The molecule has 11 aromatic rings. The van der Waals surface area contributed by atoms with E-state index in [2.05, 4.69) is 30.3 Å². The lowest BCUT2D eigenvalue weighted by molar-refractivity contribution is -0.208. The molecule has 0 bridgehead atoms. The normalized spacial score (nSPS) is 19.1. The van der Waals surface area contributed by atoms with E-state index in [4.69, 9.17) is 75.2 Å². The fraction of sp³-hybridized carbons (Fsp3) is 0.319. The van der Waals surface area contributed by atoms with Crippen LogP contribution in [0, 0.1) is 0 Å². The lowest BCUT2D eigenvalue weighted by Gasteiger charge is -2.35. The summed E-state index contributed by atoms with van der Waals surface area (Å²) in [6.45, 7) is 1.35. The van der Waals surface area contributed by atoms with Crippen molar-refractivity contribution in [2.75, 3.05) is 39.6 Å². The Morgan fingerprint density at radius 1 is 0.310 bits per heavy atom. The van der Waals surface area contributed by atoms with Crippen LogP contribution in [0.25, 0.3) is 10.8 Å². The van der Waals surface area contributed by atoms with E-state index in [-0.39, 0.29) is 98.7 Å². The van der Waals surface area contributed by atoms with E-state index in [0.717, 1.165) is 60.8 Å². The first-order valence-electron chi connectivity index (χ1n) is 38.8. The maximum atomic E-state index is 16.4. The summed E-state index contributed by atoms with van der Waals surface area (Å²) < 4.78 is 125. The minimum Gasteiger partial charge on any atom is -0.390 e. The van der Waals surface area contributed by atoms with Gasteiger partial charge in [-0.15, -0.1) is 0 Å². The summed E-state index contributed by atoms with van der Waals surface area (Å²) in [5, 5.41) is 13.6.